The van der Waals surface area contributed by atoms with Gasteiger partial charge >= 0.3 is 17.1 Å². The molecule has 7 heteroatoms. The molecule has 0 aliphatic heterocycles. The van der Waals surface area contributed by atoms with Crippen LogP contribution >= 0.6 is 24.4 Å². The second-order valence-corrected chi connectivity index (χ2v) is 8.75. The van der Waals surface area contributed by atoms with Gasteiger partial charge in [0.25, 0.3) is 0 Å². The molecule has 21 heavy (non-hydrogen) atoms. The SMILES string of the molecule is CC(OC(=S)[S-])C(C)(C)C.CC(OC(=S)[S-])C(C)(C)C.[Cu+2]. The van der Waals surface area contributed by atoms with E-state index in [2.05, 4.69) is 91.2 Å². The van der Waals surface area contributed by atoms with E-state index >= 15 is 0 Å². The fourth-order valence-electron chi connectivity index (χ4n) is 0.642. The van der Waals surface area contributed by atoms with Crippen molar-refractivity contribution in [1.29, 1.82) is 0 Å². The zero-order valence-corrected chi connectivity index (χ0v) is 18.1. The first-order valence-corrected chi connectivity index (χ1v) is 8.06. The Hall–Kier alpha value is 0.739. The first-order valence-electron chi connectivity index (χ1n) is 6.43. The second kappa shape index (κ2) is 11.3. The number of rotatable bonds is 2. The van der Waals surface area contributed by atoms with Crippen LogP contribution in [0.5, 0.6) is 0 Å². The summed E-state index contributed by atoms with van der Waals surface area (Å²) in [4.78, 5) is 0. The van der Waals surface area contributed by atoms with E-state index in [1.165, 1.54) is 0 Å². The molecule has 0 heterocycles. The third kappa shape index (κ3) is 16.9. The molecule has 0 bridgehead atoms. The maximum atomic E-state index is 5.16. The van der Waals surface area contributed by atoms with Gasteiger partial charge in [0, 0.05) is 8.77 Å². The van der Waals surface area contributed by atoms with Crippen molar-refractivity contribution in [3.8, 4) is 0 Å². The van der Waals surface area contributed by atoms with Gasteiger partial charge in [0.2, 0.25) is 0 Å². The Morgan fingerprint density at radius 2 is 0.952 bits per heavy atom. The van der Waals surface area contributed by atoms with Crippen LogP contribution in [0, 0.1) is 10.8 Å². The van der Waals surface area contributed by atoms with Gasteiger partial charge in [0.15, 0.2) is 0 Å². The zero-order chi connectivity index (χ0) is 16.7. The van der Waals surface area contributed by atoms with Crippen LogP contribution in [0.2, 0.25) is 0 Å². The Kier molecular flexibility index (Phi) is 14.3. The van der Waals surface area contributed by atoms with E-state index in [9.17, 15) is 0 Å². The topological polar surface area (TPSA) is 18.5 Å². The minimum atomic E-state index is 0. The fraction of sp³-hybridized carbons (Fsp3) is 0.857. The van der Waals surface area contributed by atoms with Crippen LogP contribution in [0.1, 0.15) is 55.4 Å². The van der Waals surface area contributed by atoms with Crippen LogP contribution in [-0.4, -0.2) is 21.0 Å². The Bertz CT molecular complexity index is 290. The predicted molar refractivity (Wildman–Crippen MR) is 99.9 cm³/mol. The molecule has 0 rings (SSSR count). The summed E-state index contributed by atoms with van der Waals surface area (Å²) in [5, 5.41) is 0. The summed E-state index contributed by atoms with van der Waals surface area (Å²) < 4.78 is 10.7. The van der Waals surface area contributed by atoms with Crippen molar-refractivity contribution in [1.82, 2.24) is 0 Å². The van der Waals surface area contributed by atoms with Gasteiger partial charge in [-0.05, 0) is 24.7 Å². The van der Waals surface area contributed by atoms with E-state index in [1.807, 2.05) is 13.8 Å². The van der Waals surface area contributed by atoms with E-state index in [-0.39, 0.29) is 48.9 Å². The van der Waals surface area contributed by atoms with Crippen molar-refractivity contribution in [2.24, 2.45) is 10.8 Å². The van der Waals surface area contributed by atoms with Crippen LogP contribution in [0.25, 0.3) is 0 Å². The average Bonchev–Trinajstić information content (AvgIpc) is 2.13. The maximum Gasteiger partial charge on any atom is 2.00 e. The van der Waals surface area contributed by atoms with Crippen molar-refractivity contribution < 1.29 is 26.5 Å². The minimum absolute atomic E-state index is 0. The monoisotopic (exact) mass is 417 g/mol. The summed E-state index contributed by atoms with van der Waals surface area (Å²) in [6.07, 6.45) is 0.190. The Labute approximate surface area is 162 Å². The molecule has 0 aromatic heterocycles. The molecule has 2 unspecified atom stereocenters. The molecule has 0 aromatic rings. The normalized spacial score (nSPS) is 13.7. The molecule has 0 aliphatic rings. The van der Waals surface area contributed by atoms with Gasteiger partial charge < -0.3 is 59.2 Å². The van der Waals surface area contributed by atoms with E-state index in [4.69, 9.17) is 9.47 Å². The predicted octanol–water partition coefficient (Wildman–Crippen LogP) is 4.54. The minimum Gasteiger partial charge on any atom is -0.510 e. The van der Waals surface area contributed by atoms with Gasteiger partial charge in [-0.3, -0.25) is 0 Å². The van der Waals surface area contributed by atoms with Crippen molar-refractivity contribution in [2.75, 3.05) is 0 Å². The molecule has 1 radical (unpaired) electrons. The molecular formula is C14H26CuO2S4. The zero-order valence-electron chi connectivity index (χ0n) is 13.9. The van der Waals surface area contributed by atoms with E-state index < -0.39 is 0 Å². The molecule has 0 N–H and O–H groups in total. The smallest absolute Gasteiger partial charge is 0.510 e. The molecule has 0 amide bonds. The molecule has 0 saturated heterocycles. The number of hydrogen-bond donors (Lipinski definition) is 0. The molecule has 0 fully saturated rings. The molecule has 0 spiro atoms. The van der Waals surface area contributed by atoms with Crippen LogP contribution < -0.4 is 0 Å². The molecular weight excluding hydrogens is 392 g/mol. The van der Waals surface area contributed by atoms with Crippen LogP contribution in [0.3, 0.4) is 0 Å². The van der Waals surface area contributed by atoms with Crippen LogP contribution in [0.15, 0.2) is 0 Å². The van der Waals surface area contributed by atoms with Crippen LogP contribution in [0.4, 0.5) is 0 Å². The molecule has 0 aliphatic carbocycles. The van der Waals surface area contributed by atoms with Gasteiger partial charge in [-0.15, -0.1) is 0 Å². The molecule has 0 saturated carbocycles. The van der Waals surface area contributed by atoms with E-state index in [0.717, 1.165) is 0 Å². The quantitative estimate of drug-likeness (QED) is 0.370. The van der Waals surface area contributed by atoms with E-state index in [0.29, 0.717) is 0 Å². The molecule has 0 aromatic carbocycles. The van der Waals surface area contributed by atoms with Crippen molar-refractivity contribution >= 4 is 58.5 Å². The van der Waals surface area contributed by atoms with Crippen molar-refractivity contribution in [3.63, 3.8) is 0 Å². The van der Waals surface area contributed by atoms with Crippen molar-refractivity contribution in [3.05, 3.63) is 0 Å². The van der Waals surface area contributed by atoms with Gasteiger partial charge in [0.05, 0.1) is 12.2 Å². The standard InChI is InChI=1S/2C7H14OS2.Cu/c2*1-5(7(2,3)4)8-6(9)10;/h2*5H,1-4H3,(H,9,10);/q;;+2/p-2. The Morgan fingerprint density at radius 3 is 1.00 bits per heavy atom. The first kappa shape index (κ1) is 26.6. The summed E-state index contributed by atoms with van der Waals surface area (Å²) in [5.41, 5.74) is 0.228. The third-order valence-electron chi connectivity index (χ3n) is 2.99. The number of ether oxygens (including phenoxy) is 2. The second-order valence-electron chi connectivity index (χ2n) is 6.75. The maximum absolute atomic E-state index is 5.16. The Morgan fingerprint density at radius 1 is 0.762 bits per heavy atom. The Balaban J connectivity index is -0.000000295. The molecule has 2 atom stereocenters. The van der Waals surface area contributed by atoms with Gasteiger partial charge in [-0.1, -0.05) is 41.5 Å². The number of thiocarbonyl (C=S) groups is 2. The van der Waals surface area contributed by atoms with Gasteiger partial charge in [-0.2, -0.15) is 0 Å². The first-order chi connectivity index (χ1) is 8.67. The largest absolute Gasteiger partial charge is 2.00 e. The molecule has 129 valence electrons. The molecule has 2 nitrogen and oxygen atoms in total. The van der Waals surface area contributed by atoms with E-state index in [1.54, 1.807) is 0 Å². The van der Waals surface area contributed by atoms with Gasteiger partial charge in [0.1, 0.15) is 0 Å². The number of hydrogen-bond acceptors (Lipinski definition) is 6. The third-order valence-corrected chi connectivity index (χ3v) is 3.37. The summed E-state index contributed by atoms with van der Waals surface area (Å²) >= 11 is 18.5. The summed E-state index contributed by atoms with van der Waals surface area (Å²) in [6, 6.07) is 0. The van der Waals surface area contributed by atoms with Crippen LogP contribution in [-0.2, 0) is 51.8 Å². The summed E-state index contributed by atoms with van der Waals surface area (Å²) in [5.74, 6) is 0. The summed E-state index contributed by atoms with van der Waals surface area (Å²) in [7, 11) is 0. The average molecular weight is 418 g/mol. The summed E-state index contributed by atoms with van der Waals surface area (Å²) in [6.45, 7) is 16.5. The fourth-order valence-corrected chi connectivity index (χ4v) is 1.22. The van der Waals surface area contributed by atoms with Gasteiger partial charge in [-0.25, -0.2) is 0 Å². The van der Waals surface area contributed by atoms with Crippen molar-refractivity contribution in [2.45, 2.75) is 67.6 Å².